The first kappa shape index (κ1) is 18.7. The Bertz CT molecular complexity index is 868. The first-order chi connectivity index (χ1) is 13.1. The highest BCUT2D eigenvalue weighted by Gasteiger charge is 2.28. The molecule has 138 valence electrons. The minimum Gasteiger partial charge on any atom is -0.355 e. The maximum atomic E-state index is 12.5. The van der Waals surface area contributed by atoms with Crippen molar-refractivity contribution in [1.29, 1.82) is 0 Å². The summed E-state index contributed by atoms with van der Waals surface area (Å²) in [6.45, 7) is 0.641. The summed E-state index contributed by atoms with van der Waals surface area (Å²) in [4.78, 5) is 26.2. The van der Waals surface area contributed by atoms with Crippen molar-refractivity contribution in [2.24, 2.45) is 0 Å². The summed E-state index contributed by atoms with van der Waals surface area (Å²) in [6, 6.07) is 15.3. The van der Waals surface area contributed by atoms with Crippen LogP contribution in [0.15, 0.2) is 48.5 Å². The van der Waals surface area contributed by atoms with Crippen LogP contribution in [0.25, 0.3) is 0 Å². The van der Waals surface area contributed by atoms with E-state index in [1.807, 2.05) is 17.0 Å². The third-order valence-electron chi connectivity index (χ3n) is 4.84. The molecular weight excluding hydrogens is 338 g/mol. The summed E-state index contributed by atoms with van der Waals surface area (Å²) in [5, 5.41) is 5.45. The summed E-state index contributed by atoms with van der Waals surface area (Å²) in [5.74, 6) is 2.39. The number of nitrogens with one attached hydrogen (secondary N) is 2. The molecule has 0 heterocycles. The molecule has 0 fully saturated rings. The van der Waals surface area contributed by atoms with Crippen LogP contribution in [0.3, 0.4) is 0 Å². The molecule has 2 aromatic carbocycles. The third kappa shape index (κ3) is 4.36. The van der Waals surface area contributed by atoms with Gasteiger partial charge in [-0.15, -0.1) is 6.42 Å². The Morgan fingerprint density at radius 1 is 1.19 bits per heavy atom. The molecule has 1 unspecified atom stereocenters. The highest BCUT2D eigenvalue weighted by atomic mass is 16.2. The van der Waals surface area contributed by atoms with E-state index in [0.717, 1.165) is 12.8 Å². The lowest BCUT2D eigenvalue weighted by Crippen LogP contribution is -2.36. The summed E-state index contributed by atoms with van der Waals surface area (Å²) in [7, 11) is 1.58. The number of carbonyl (C=O) groups excluding carboxylic acids is 2. The highest BCUT2D eigenvalue weighted by molar-refractivity contribution is 5.96. The van der Waals surface area contributed by atoms with E-state index >= 15 is 0 Å². The third-order valence-corrected chi connectivity index (χ3v) is 4.84. The zero-order chi connectivity index (χ0) is 19.2. The monoisotopic (exact) mass is 361 g/mol. The molecule has 0 spiro atoms. The van der Waals surface area contributed by atoms with Gasteiger partial charge in [0.1, 0.15) is 0 Å². The van der Waals surface area contributed by atoms with E-state index in [2.05, 4.69) is 28.7 Å². The topological polar surface area (TPSA) is 61.4 Å². The maximum Gasteiger partial charge on any atom is 0.251 e. The summed E-state index contributed by atoms with van der Waals surface area (Å²) in [5.41, 5.74) is 3.79. The second kappa shape index (κ2) is 8.52. The van der Waals surface area contributed by atoms with Crippen LogP contribution in [0, 0.1) is 12.3 Å². The molecule has 0 aromatic heterocycles. The predicted octanol–water partition coefficient (Wildman–Crippen LogP) is 2.61. The molecule has 5 heteroatoms. The number of aryl methyl sites for hydroxylation is 1. The van der Waals surface area contributed by atoms with Crippen molar-refractivity contribution in [3.8, 4) is 12.3 Å². The van der Waals surface area contributed by atoms with Gasteiger partial charge in [0.25, 0.3) is 5.91 Å². The SMILES string of the molecule is C#CCN(CC(=O)Nc1ccc(C(=O)NC)cc1)C1CCc2ccccc21. The van der Waals surface area contributed by atoms with Gasteiger partial charge in [-0.3, -0.25) is 14.5 Å². The first-order valence-electron chi connectivity index (χ1n) is 8.99. The Labute approximate surface area is 159 Å². The number of nitrogens with zero attached hydrogens (tertiary/aromatic N) is 1. The van der Waals surface area contributed by atoms with Crippen molar-refractivity contribution in [2.75, 3.05) is 25.5 Å². The first-order valence-corrected chi connectivity index (χ1v) is 8.99. The molecule has 1 aliphatic rings. The van der Waals surface area contributed by atoms with E-state index in [-0.39, 0.29) is 24.4 Å². The fourth-order valence-corrected chi connectivity index (χ4v) is 3.54. The molecule has 0 bridgehead atoms. The van der Waals surface area contributed by atoms with E-state index in [4.69, 9.17) is 6.42 Å². The zero-order valence-electron chi connectivity index (χ0n) is 15.4. The molecule has 27 heavy (non-hydrogen) atoms. The second-order valence-electron chi connectivity index (χ2n) is 6.57. The van der Waals surface area contributed by atoms with Crippen molar-refractivity contribution in [1.82, 2.24) is 10.2 Å². The average molecular weight is 361 g/mol. The molecular formula is C22H23N3O2. The van der Waals surface area contributed by atoms with Crippen LogP contribution >= 0.6 is 0 Å². The van der Waals surface area contributed by atoms with Gasteiger partial charge in [0.05, 0.1) is 13.1 Å². The Hall–Kier alpha value is -3.10. The van der Waals surface area contributed by atoms with Crippen LogP contribution in [0.4, 0.5) is 5.69 Å². The minimum atomic E-state index is -0.159. The number of hydrogen-bond acceptors (Lipinski definition) is 3. The fourth-order valence-electron chi connectivity index (χ4n) is 3.54. The van der Waals surface area contributed by atoms with E-state index in [1.165, 1.54) is 11.1 Å². The number of hydrogen-bond donors (Lipinski definition) is 2. The summed E-state index contributed by atoms with van der Waals surface area (Å²) in [6.07, 6.45) is 7.51. The Morgan fingerprint density at radius 3 is 2.63 bits per heavy atom. The Morgan fingerprint density at radius 2 is 1.93 bits per heavy atom. The fraction of sp³-hybridized carbons (Fsp3) is 0.273. The molecule has 1 atom stereocenters. The van der Waals surface area contributed by atoms with Gasteiger partial charge >= 0.3 is 0 Å². The lowest BCUT2D eigenvalue weighted by atomic mass is 10.1. The van der Waals surface area contributed by atoms with Crippen LogP contribution in [0.5, 0.6) is 0 Å². The highest BCUT2D eigenvalue weighted by Crippen LogP contribution is 2.35. The van der Waals surface area contributed by atoms with Crippen molar-refractivity contribution < 1.29 is 9.59 Å². The Kier molecular flexibility index (Phi) is 5.90. The van der Waals surface area contributed by atoms with Gasteiger partial charge in [0.2, 0.25) is 5.91 Å². The smallest absolute Gasteiger partial charge is 0.251 e. The van der Waals surface area contributed by atoms with Crippen LogP contribution in [-0.2, 0) is 11.2 Å². The van der Waals surface area contributed by atoms with Gasteiger partial charge in [-0.2, -0.15) is 0 Å². The lowest BCUT2D eigenvalue weighted by Gasteiger charge is -2.27. The lowest BCUT2D eigenvalue weighted by molar-refractivity contribution is -0.117. The molecule has 0 saturated heterocycles. The van der Waals surface area contributed by atoms with Gasteiger partial charge in [-0.1, -0.05) is 30.2 Å². The van der Waals surface area contributed by atoms with Crippen LogP contribution < -0.4 is 10.6 Å². The molecule has 2 amide bonds. The van der Waals surface area contributed by atoms with E-state index in [1.54, 1.807) is 31.3 Å². The van der Waals surface area contributed by atoms with Gasteiger partial charge in [0.15, 0.2) is 0 Å². The van der Waals surface area contributed by atoms with Crippen molar-refractivity contribution in [3.05, 3.63) is 65.2 Å². The summed E-state index contributed by atoms with van der Waals surface area (Å²) >= 11 is 0. The quantitative estimate of drug-likeness (QED) is 0.778. The van der Waals surface area contributed by atoms with E-state index in [9.17, 15) is 9.59 Å². The molecule has 2 N–H and O–H groups in total. The van der Waals surface area contributed by atoms with Gasteiger partial charge in [-0.25, -0.2) is 0 Å². The number of amides is 2. The standard InChI is InChI=1S/C22H23N3O2/c1-3-14-25(20-13-10-16-6-4-5-7-19(16)20)15-21(26)24-18-11-8-17(9-12-18)22(27)23-2/h1,4-9,11-12,20H,10,13-15H2,2H3,(H,23,27)(H,24,26). The average Bonchev–Trinajstić information content (AvgIpc) is 3.11. The molecule has 0 radical (unpaired) electrons. The van der Waals surface area contributed by atoms with Gasteiger partial charge < -0.3 is 10.6 Å². The number of anilines is 1. The summed E-state index contributed by atoms with van der Waals surface area (Å²) < 4.78 is 0. The van der Waals surface area contributed by atoms with Crippen LogP contribution in [-0.4, -0.2) is 36.9 Å². The van der Waals surface area contributed by atoms with Crippen molar-refractivity contribution >= 4 is 17.5 Å². The molecule has 0 saturated carbocycles. The van der Waals surface area contributed by atoms with Crippen LogP contribution in [0.1, 0.15) is 33.9 Å². The predicted molar refractivity (Wildman–Crippen MR) is 106 cm³/mol. The Balaban J connectivity index is 1.66. The number of carbonyl (C=O) groups is 2. The van der Waals surface area contributed by atoms with Crippen LogP contribution in [0.2, 0.25) is 0 Å². The zero-order valence-corrected chi connectivity index (χ0v) is 15.4. The van der Waals surface area contributed by atoms with Crippen molar-refractivity contribution in [2.45, 2.75) is 18.9 Å². The van der Waals surface area contributed by atoms with E-state index in [0.29, 0.717) is 17.8 Å². The maximum absolute atomic E-state index is 12.5. The van der Waals surface area contributed by atoms with Crippen molar-refractivity contribution in [3.63, 3.8) is 0 Å². The molecule has 0 aliphatic heterocycles. The number of terminal acetylenes is 1. The molecule has 1 aliphatic carbocycles. The van der Waals surface area contributed by atoms with Gasteiger partial charge in [-0.05, 0) is 48.2 Å². The number of rotatable bonds is 6. The normalized spacial score (nSPS) is 15.1. The number of benzene rings is 2. The van der Waals surface area contributed by atoms with E-state index < -0.39 is 0 Å². The largest absolute Gasteiger partial charge is 0.355 e. The minimum absolute atomic E-state index is 0.123. The number of fused-ring (bicyclic) bond motifs is 1. The second-order valence-corrected chi connectivity index (χ2v) is 6.57. The van der Waals surface area contributed by atoms with Gasteiger partial charge in [0, 0.05) is 24.3 Å². The molecule has 3 rings (SSSR count). The molecule has 5 nitrogen and oxygen atoms in total. The molecule has 2 aromatic rings.